The number of benzene rings is 2. The van der Waals surface area contributed by atoms with E-state index in [4.69, 9.17) is 9.84 Å². The van der Waals surface area contributed by atoms with Gasteiger partial charge < -0.3 is 20.1 Å². The summed E-state index contributed by atoms with van der Waals surface area (Å²) in [4.78, 5) is 38.2. The van der Waals surface area contributed by atoms with Crippen molar-refractivity contribution in [3.05, 3.63) is 59.7 Å². The predicted molar refractivity (Wildman–Crippen MR) is 126 cm³/mol. The Morgan fingerprint density at radius 3 is 2.32 bits per heavy atom. The highest BCUT2D eigenvalue weighted by Crippen LogP contribution is 2.44. The van der Waals surface area contributed by atoms with Gasteiger partial charge in [0, 0.05) is 37.4 Å². The molecular formula is C27H30N2O5. The second-order valence-electron chi connectivity index (χ2n) is 9.71. The molecule has 0 bridgehead atoms. The lowest BCUT2D eigenvalue weighted by molar-refractivity contribution is -0.139. The lowest BCUT2D eigenvalue weighted by Crippen LogP contribution is -2.37. The van der Waals surface area contributed by atoms with E-state index in [0.717, 1.165) is 19.3 Å². The van der Waals surface area contributed by atoms with Gasteiger partial charge in [-0.05, 0) is 53.9 Å². The van der Waals surface area contributed by atoms with Crippen molar-refractivity contribution in [3.8, 4) is 11.1 Å². The number of carbonyl (C=O) groups is 3. The zero-order chi connectivity index (χ0) is 23.7. The molecule has 178 valence electrons. The van der Waals surface area contributed by atoms with Crippen molar-refractivity contribution in [3.63, 3.8) is 0 Å². The monoisotopic (exact) mass is 462 g/mol. The average Bonchev–Trinajstić information content (AvgIpc) is 3.55. The van der Waals surface area contributed by atoms with Crippen LogP contribution in [0.25, 0.3) is 11.1 Å². The molecule has 5 rings (SSSR count). The maximum atomic E-state index is 12.9. The van der Waals surface area contributed by atoms with Crippen molar-refractivity contribution in [2.45, 2.75) is 44.1 Å². The molecule has 1 saturated heterocycles. The first kappa shape index (κ1) is 22.4. The molecule has 0 aromatic heterocycles. The van der Waals surface area contributed by atoms with E-state index in [1.165, 1.54) is 22.3 Å². The first-order valence-electron chi connectivity index (χ1n) is 12.1. The van der Waals surface area contributed by atoms with Crippen LogP contribution >= 0.6 is 0 Å². The van der Waals surface area contributed by atoms with Crippen LogP contribution in [0.4, 0.5) is 4.79 Å². The zero-order valence-corrected chi connectivity index (χ0v) is 19.1. The van der Waals surface area contributed by atoms with E-state index in [0.29, 0.717) is 19.5 Å². The Labute approximate surface area is 199 Å². The Bertz CT molecular complexity index is 1050. The third-order valence-electron chi connectivity index (χ3n) is 7.51. The van der Waals surface area contributed by atoms with Crippen LogP contribution in [0.2, 0.25) is 0 Å². The van der Waals surface area contributed by atoms with Gasteiger partial charge in [0.1, 0.15) is 6.61 Å². The zero-order valence-electron chi connectivity index (χ0n) is 19.1. The number of fused-ring (bicyclic) bond motifs is 3. The van der Waals surface area contributed by atoms with Crippen molar-refractivity contribution in [2.24, 2.45) is 11.8 Å². The molecule has 2 aromatic rings. The van der Waals surface area contributed by atoms with E-state index in [-0.39, 0.29) is 42.7 Å². The van der Waals surface area contributed by atoms with Gasteiger partial charge in [-0.1, -0.05) is 48.5 Å². The second kappa shape index (κ2) is 9.49. The fraction of sp³-hybridized carbons (Fsp3) is 0.444. The summed E-state index contributed by atoms with van der Waals surface area (Å²) in [6.45, 7) is 1.41. The van der Waals surface area contributed by atoms with E-state index in [1.807, 2.05) is 24.3 Å². The number of hydrogen-bond acceptors (Lipinski definition) is 4. The van der Waals surface area contributed by atoms with E-state index >= 15 is 0 Å². The molecule has 7 nitrogen and oxygen atoms in total. The standard InChI is InChI=1S/C27H30N2O5/c30-25(31)13-17-11-12-29(15-17)26(32)18-9-10-19(14-18)28-27(33)34-16-24-22-7-3-1-5-20(22)21-6-2-4-8-23(21)24/h1-8,17-19,24H,9-16H2,(H,28,33)(H,30,31)/t17?,18-,19+/m0/s1. The molecule has 1 saturated carbocycles. The van der Waals surface area contributed by atoms with E-state index < -0.39 is 12.1 Å². The van der Waals surface area contributed by atoms with Crippen LogP contribution in [0.5, 0.6) is 0 Å². The molecule has 1 heterocycles. The normalized spacial score (nSPS) is 23.4. The number of nitrogens with zero attached hydrogens (tertiary/aromatic N) is 1. The molecule has 2 N–H and O–H groups in total. The number of hydrogen-bond donors (Lipinski definition) is 2. The number of ether oxygens (including phenoxy) is 1. The summed E-state index contributed by atoms with van der Waals surface area (Å²) in [6.07, 6.45) is 2.48. The van der Waals surface area contributed by atoms with Crippen LogP contribution in [0.1, 0.15) is 49.1 Å². The molecule has 3 atom stereocenters. The fourth-order valence-electron chi connectivity index (χ4n) is 5.85. The summed E-state index contributed by atoms with van der Waals surface area (Å²) >= 11 is 0. The Kier molecular flexibility index (Phi) is 6.26. The lowest BCUT2D eigenvalue weighted by atomic mass is 9.98. The first-order valence-corrected chi connectivity index (χ1v) is 12.1. The number of carboxylic acids is 1. The molecule has 1 aliphatic heterocycles. The lowest BCUT2D eigenvalue weighted by Gasteiger charge is -2.21. The largest absolute Gasteiger partial charge is 0.481 e. The van der Waals surface area contributed by atoms with Gasteiger partial charge in [-0.15, -0.1) is 0 Å². The van der Waals surface area contributed by atoms with Crippen LogP contribution in [0, 0.1) is 11.8 Å². The van der Waals surface area contributed by atoms with Gasteiger partial charge in [0.2, 0.25) is 5.91 Å². The SMILES string of the molecule is O=C(O)CC1CCN(C(=O)[C@H]2CC[C@@H](NC(=O)OCC3c4ccccc4-c4ccccc43)C2)C1. The molecule has 3 aliphatic rings. The fourth-order valence-corrected chi connectivity index (χ4v) is 5.85. The van der Waals surface area contributed by atoms with Gasteiger partial charge in [-0.25, -0.2) is 4.79 Å². The highest BCUT2D eigenvalue weighted by molar-refractivity contribution is 5.80. The van der Waals surface area contributed by atoms with Gasteiger partial charge in [0.05, 0.1) is 0 Å². The molecule has 2 aliphatic carbocycles. The topological polar surface area (TPSA) is 95.9 Å². The van der Waals surface area contributed by atoms with Crippen molar-refractivity contribution in [1.82, 2.24) is 10.2 Å². The van der Waals surface area contributed by atoms with Gasteiger partial charge in [-0.3, -0.25) is 9.59 Å². The van der Waals surface area contributed by atoms with E-state index in [1.54, 1.807) is 4.90 Å². The number of nitrogens with one attached hydrogen (secondary N) is 1. The summed E-state index contributed by atoms with van der Waals surface area (Å²) in [7, 11) is 0. The summed E-state index contributed by atoms with van der Waals surface area (Å²) in [6, 6.07) is 16.4. The molecule has 1 unspecified atom stereocenters. The van der Waals surface area contributed by atoms with Gasteiger partial charge >= 0.3 is 12.1 Å². The smallest absolute Gasteiger partial charge is 0.407 e. The molecular weight excluding hydrogens is 432 g/mol. The third kappa shape index (κ3) is 4.52. The van der Waals surface area contributed by atoms with Crippen LogP contribution in [0.3, 0.4) is 0 Å². The number of aliphatic carboxylic acids is 1. The molecule has 2 aromatic carbocycles. The summed E-state index contributed by atoms with van der Waals surface area (Å²) < 4.78 is 5.65. The van der Waals surface area contributed by atoms with E-state index in [2.05, 4.69) is 29.6 Å². The average molecular weight is 463 g/mol. The number of amides is 2. The number of likely N-dealkylation sites (tertiary alicyclic amines) is 1. The highest BCUT2D eigenvalue weighted by atomic mass is 16.5. The molecule has 2 fully saturated rings. The number of alkyl carbamates (subject to hydrolysis) is 1. The minimum Gasteiger partial charge on any atom is -0.481 e. The maximum absolute atomic E-state index is 12.9. The van der Waals surface area contributed by atoms with Crippen LogP contribution in [-0.4, -0.2) is 53.7 Å². The molecule has 34 heavy (non-hydrogen) atoms. The molecule has 2 amide bonds. The number of carbonyl (C=O) groups excluding carboxylic acids is 2. The van der Waals surface area contributed by atoms with Crippen molar-refractivity contribution >= 4 is 18.0 Å². The Morgan fingerprint density at radius 1 is 0.971 bits per heavy atom. The number of carboxylic acid groups (broad SMARTS) is 1. The van der Waals surface area contributed by atoms with Crippen molar-refractivity contribution in [1.29, 1.82) is 0 Å². The maximum Gasteiger partial charge on any atom is 0.407 e. The molecule has 0 spiro atoms. The Hall–Kier alpha value is -3.35. The predicted octanol–water partition coefficient (Wildman–Crippen LogP) is 4.02. The third-order valence-corrected chi connectivity index (χ3v) is 7.51. The minimum absolute atomic E-state index is 0.0185. The Morgan fingerprint density at radius 2 is 1.65 bits per heavy atom. The van der Waals surface area contributed by atoms with Gasteiger partial charge in [-0.2, -0.15) is 0 Å². The highest BCUT2D eigenvalue weighted by Gasteiger charge is 2.37. The summed E-state index contributed by atoms with van der Waals surface area (Å²) in [5.74, 6) is -0.790. The molecule has 0 radical (unpaired) electrons. The van der Waals surface area contributed by atoms with Crippen molar-refractivity contribution < 1.29 is 24.2 Å². The van der Waals surface area contributed by atoms with Gasteiger partial charge in [0.15, 0.2) is 0 Å². The minimum atomic E-state index is -0.812. The first-order chi connectivity index (χ1) is 16.5. The van der Waals surface area contributed by atoms with E-state index in [9.17, 15) is 14.4 Å². The second-order valence-corrected chi connectivity index (χ2v) is 9.71. The quantitative estimate of drug-likeness (QED) is 0.676. The van der Waals surface area contributed by atoms with Crippen LogP contribution in [-0.2, 0) is 14.3 Å². The summed E-state index contributed by atoms with van der Waals surface area (Å²) in [5, 5.41) is 11.9. The van der Waals surface area contributed by atoms with Crippen LogP contribution < -0.4 is 5.32 Å². The number of rotatable bonds is 6. The van der Waals surface area contributed by atoms with Gasteiger partial charge in [0.25, 0.3) is 0 Å². The van der Waals surface area contributed by atoms with Crippen molar-refractivity contribution in [2.75, 3.05) is 19.7 Å². The Balaban J connectivity index is 1.12. The summed E-state index contributed by atoms with van der Waals surface area (Å²) in [5.41, 5.74) is 4.73. The molecule has 7 heteroatoms. The van der Waals surface area contributed by atoms with Crippen LogP contribution in [0.15, 0.2) is 48.5 Å².